The lowest BCUT2D eigenvalue weighted by Crippen LogP contribution is -2.17. The van der Waals surface area contributed by atoms with Crippen molar-refractivity contribution >= 4 is 12.4 Å². The lowest BCUT2D eigenvalue weighted by Gasteiger charge is -2.15. The highest BCUT2D eigenvalue weighted by Gasteiger charge is 2.31. The minimum atomic E-state index is -4.82. The molecule has 1 atom stereocenters. The van der Waals surface area contributed by atoms with Gasteiger partial charge in [-0.1, -0.05) is 18.2 Å². The minimum Gasteiger partial charge on any atom is -0.505 e. The topological polar surface area (TPSA) is 55.5 Å². The molecule has 0 aliphatic heterocycles. The van der Waals surface area contributed by atoms with Crippen molar-refractivity contribution < 1.29 is 31.8 Å². The molecule has 0 aliphatic rings. The molecular weight excluding hydrogens is 345 g/mol. The Morgan fingerprint density at radius 2 is 1.57 bits per heavy atom. The maximum absolute atomic E-state index is 13.3. The Morgan fingerprint density at radius 1 is 1.00 bits per heavy atom. The van der Waals surface area contributed by atoms with Gasteiger partial charge in [-0.3, -0.25) is 0 Å². The Kier molecular flexibility index (Phi) is 5.79. The standard InChI is InChI=1S/C14H10F5NO2.ClH/c15-10-6-5-9(13(21)11(10)16)12(20)7-1-3-8(4-2-7)22-14(17,18)19;/h1-6,12,21H,20H2;1H/t12-;/m0./s1. The fourth-order valence-corrected chi connectivity index (χ4v) is 1.86. The molecule has 9 heteroatoms. The summed E-state index contributed by atoms with van der Waals surface area (Å²) in [7, 11) is 0. The predicted molar refractivity (Wildman–Crippen MR) is 74.4 cm³/mol. The van der Waals surface area contributed by atoms with E-state index in [4.69, 9.17) is 5.73 Å². The van der Waals surface area contributed by atoms with E-state index >= 15 is 0 Å². The number of phenols is 1. The molecule has 0 saturated heterocycles. The number of alkyl halides is 3. The van der Waals surface area contributed by atoms with Gasteiger partial charge in [0.25, 0.3) is 0 Å². The lowest BCUT2D eigenvalue weighted by molar-refractivity contribution is -0.274. The number of hydrogen-bond donors (Lipinski definition) is 2. The Hall–Kier alpha value is -2.06. The summed E-state index contributed by atoms with van der Waals surface area (Å²) < 4.78 is 66.1. The highest BCUT2D eigenvalue weighted by atomic mass is 35.5. The SMILES string of the molecule is Cl.N[C@@H](c1ccc(OC(F)(F)F)cc1)c1ccc(F)c(F)c1O. The normalized spacial score (nSPS) is 12.4. The van der Waals surface area contributed by atoms with Crippen molar-refractivity contribution in [3.63, 3.8) is 0 Å². The van der Waals surface area contributed by atoms with Crippen molar-refractivity contribution in [2.24, 2.45) is 5.73 Å². The second-order valence-electron chi connectivity index (χ2n) is 4.39. The first kappa shape index (κ1) is 19.0. The third kappa shape index (κ3) is 4.46. The first-order valence-electron chi connectivity index (χ1n) is 5.97. The zero-order valence-corrected chi connectivity index (χ0v) is 12.1. The summed E-state index contributed by atoms with van der Waals surface area (Å²) in [5.41, 5.74) is 5.99. The van der Waals surface area contributed by atoms with E-state index in [0.29, 0.717) is 0 Å². The van der Waals surface area contributed by atoms with E-state index in [-0.39, 0.29) is 23.5 Å². The van der Waals surface area contributed by atoms with Gasteiger partial charge in [0.15, 0.2) is 11.6 Å². The number of rotatable bonds is 3. The van der Waals surface area contributed by atoms with Crippen LogP contribution in [0.25, 0.3) is 0 Å². The van der Waals surface area contributed by atoms with Crippen molar-refractivity contribution in [1.82, 2.24) is 0 Å². The molecule has 0 heterocycles. The number of halogens is 6. The van der Waals surface area contributed by atoms with E-state index in [1.807, 2.05) is 0 Å². The minimum absolute atomic E-state index is 0. The fraction of sp³-hybridized carbons (Fsp3) is 0.143. The van der Waals surface area contributed by atoms with Crippen molar-refractivity contribution in [1.29, 1.82) is 0 Å². The summed E-state index contributed by atoms with van der Waals surface area (Å²) in [6.45, 7) is 0. The van der Waals surface area contributed by atoms with Gasteiger partial charge in [-0.25, -0.2) is 4.39 Å². The molecule has 2 aromatic rings. The van der Waals surface area contributed by atoms with Crippen LogP contribution in [0.1, 0.15) is 17.2 Å². The van der Waals surface area contributed by atoms with E-state index in [1.54, 1.807) is 0 Å². The molecule has 0 amide bonds. The molecule has 0 radical (unpaired) electrons. The van der Waals surface area contributed by atoms with Crippen LogP contribution in [0, 0.1) is 11.6 Å². The quantitative estimate of drug-likeness (QED) is 0.817. The molecule has 3 nitrogen and oxygen atoms in total. The molecule has 0 saturated carbocycles. The van der Waals surface area contributed by atoms with E-state index in [2.05, 4.69) is 4.74 Å². The largest absolute Gasteiger partial charge is 0.573 e. The summed E-state index contributed by atoms with van der Waals surface area (Å²) in [6.07, 6.45) is -4.82. The van der Waals surface area contributed by atoms with Crippen LogP contribution in [0.3, 0.4) is 0 Å². The van der Waals surface area contributed by atoms with Crippen LogP contribution in [0.2, 0.25) is 0 Å². The average Bonchev–Trinajstić information content (AvgIpc) is 2.43. The summed E-state index contributed by atoms with van der Waals surface area (Å²) >= 11 is 0. The summed E-state index contributed by atoms with van der Waals surface area (Å²) in [5, 5.41) is 9.55. The summed E-state index contributed by atoms with van der Waals surface area (Å²) in [5.74, 6) is -4.06. The van der Waals surface area contributed by atoms with Crippen LogP contribution in [-0.2, 0) is 0 Å². The average molecular weight is 356 g/mol. The molecule has 0 spiro atoms. The van der Waals surface area contributed by atoms with Crippen LogP contribution in [-0.4, -0.2) is 11.5 Å². The van der Waals surface area contributed by atoms with Crippen molar-refractivity contribution in [3.8, 4) is 11.5 Å². The van der Waals surface area contributed by atoms with Gasteiger partial charge in [0, 0.05) is 5.56 Å². The molecule has 0 fully saturated rings. The summed E-state index contributed by atoms with van der Waals surface area (Å²) in [4.78, 5) is 0. The summed E-state index contributed by atoms with van der Waals surface area (Å²) in [6, 6.07) is 5.36. The van der Waals surface area contributed by atoms with Gasteiger partial charge >= 0.3 is 6.36 Å². The maximum Gasteiger partial charge on any atom is 0.573 e. The molecule has 2 aromatic carbocycles. The Balaban J connectivity index is 0.00000264. The molecule has 0 unspecified atom stereocenters. The Morgan fingerprint density at radius 3 is 2.09 bits per heavy atom. The monoisotopic (exact) mass is 355 g/mol. The molecule has 0 aromatic heterocycles. The zero-order chi connectivity index (χ0) is 16.5. The van der Waals surface area contributed by atoms with Crippen LogP contribution in [0.15, 0.2) is 36.4 Å². The van der Waals surface area contributed by atoms with Gasteiger partial charge in [0.05, 0.1) is 6.04 Å². The van der Waals surface area contributed by atoms with E-state index < -0.39 is 35.5 Å². The van der Waals surface area contributed by atoms with E-state index in [9.17, 15) is 27.1 Å². The third-order valence-electron chi connectivity index (χ3n) is 2.91. The molecule has 2 rings (SSSR count). The second-order valence-corrected chi connectivity index (χ2v) is 4.39. The smallest absolute Gasteiger partial charge is 0.505 e. The second kappa shape index (κ2) is 7.01. The molecule has 23 heavy (non-hydrogen) atoms. The third-order valence-corrected chi connectivity index (χ3v) is 2.91. The highest BCUT2D eigenvalue weighted by molar-refractivity contribution is 5.85. The van der Waals surface area contributed by atoms with Crippen molar-refractivity contribution in [2.75, 3.05) is 0 Å². The Bertz CT molecular complexity index is 676. The predicted octanol–water partition coefficient (Wildman–Crippen LogP) is 4.04. The number of nitrogens with two attached hydrogens (primary N) is 1. The Labute approximate surface area is 133 Å². The van der Waals surface area contributed by atoms with Crippen LogP contribution >= 0.6 is 12.4 Å². The van der Waals surface area contributed by atoms with Gasteiger partial charge in [-0.2, -0.15) is 4.39 Å². The van der Waals surface area contributed by atoms with Gasteiger partial charge in [-0.05, 0) is 23.8 Å². The highest BCUT2D eigenvalue weighted by Crippen LogP contribution is 2.32. The first-order valence-corrected chi connectivity index (χ1v) is 5.97. The van der Waals surface area contributed by atoms with Crippen molar-refractivity contribution in [3.05, 3.63) is 59.2 Å². The van der Waals surface area contributed by atoms with Gasteiger partial charge in [-0.15, -0.1) is 25.6 Å². The van der Waals surface area contributed by atoms with Gasteiger partial charge in [0.1, 0.15) is 5.75 Å². The van der Waals surface area contributed by atoms with Gasteiger partial charge in [0.2, 0.25) is 5.82 Å². The van der Waals surface area contributed by atoms with Crippen LogP contribution in [0.5, 0.6) is 11.5 Å². The van der Waals surface area contributed by atoms with Gasteiger partial charge < -0.3 is 15.6 Å². The van der Waals surface area contributed by atoms with Crippen molar-refractivity contribution in [2.45, 2.75) is 12.4 Å². The van der Waals surface area contributed by atoms with E-state index in [1.165, 1.54) is 12.1 Å². The lowest BCUT2D eigenvalue weighted by atomic mass is 9.98. The van der Waals surface area contributed by atoms with E-state index in [0.717, 1.165) is 24.3 Å². The van der Waals surface area contributed by atoms with Crippen LogP contribution in [0.4, 0.5) is 22.0 Å². The molecular formula is C14H11ClF5NO2. The number of hydrogen-bond acceptors (Lipinski definition) is 3. The fourth-order valence-electron chi connectivity index (χ4n) is 1.86. The number of ether oxygens (including phenoxy) is 1. The molecule has 3 N–H and O–H groups in total. The molecule has 0 bridgehead atoms. The zero-order valence-electron chi connectivity index (χ0n) is 11.3. The maximum atomic E-state index is 13.3. The first-order chi connectivity index (χ1) is 10.2. The molecule has 0 aliphatic carbocycles. The molecule has 126 valence electrons. The number of benzene rings is 2. The van der Waals surface area contributed by atoms with Crippen LogP contribution < -0.4 is 10.5 Å². The number of phenolic OH excluding ortho intramolecular Hbond substituents is 1. The number of aromatic hydroxyl groups is 1.